The topological polar surface area (TPSA) is 35.5 Å². The zero-order chi connectivity index (χ0) is 8.69. The summed E-state index contributed by atoms with van der Waals surface area (Å²) in [5, 5.41) is 0. The highest BCUT2D eigenvalue weighted by atomic mass is 16.7. The maximum Gasteiger partial charge on any atom is 0.177 e. The van der Waals surface area contributed by atoms with Gasteiger partial charge in [0.1, 0.15) is 6.29 Å². The first-order chi connectivity index (χ1) is 5.24. The third-order valence-electron chi connectivity index (χ3n) is 1.15. The Morgan fingerprint density at radius 3 is 2.64 bits per heavy atom. The van der Waals surface area contributed by atoms with E-state index in [9.17, 15) is 4.79 Å². The number of carbonyl (C=O) groups excluding carboxylic acids is 1. The van der Waals surface area contributed by atoms with Gasteiger partial charge in [0.05, 0.1) is 0 Å². The Morgan fingerprint density at radius 2 is 2.27 bits per heavy atom. The van der Waals surface area contributed by atoms with Crippen LogP contribution in [0.2, 0.25) is 0 Å². The van der Waals surface area contributed by atoms with Gasteiger partial charge in [0, 0.05) is 13.7 Å². The molecule has 1 atom stereocenters. The quantitative estimate of drug-likeness (QED) is 0.342. The van der Waals surface area contributed by atoms with E-state index in [2.05, 4.69) is 0 Å². The summed E-state index contributed by atoms with van der Waals surface area (Å²) in [4.78, 5) is 10.2. The number of hydrogen-bond acceptors (Lipinski definition) is 3. The van der Waals surface area contributed by atoms with Gasteiger partial charge in [-0.25, -0.2) is 0 Å². The highest BCUT2D eigenvalue weighted by molar-refractivity contribution is 5.72. The van der Waals surface area contributed by atoms with Crippen LogP contribution < -0.4 is 0 Å². The average molecular weight is 158 g/mol. The van der Waals surface area contributed by atoms with Gasteiger partial charge in [-0.3, -0.25) is 4.79 Å². The molecule has 0 fully saturated rings. The molecule has 0 aromatic carbocycles. The average Bonchev–Trinajstić information content (AvgIpc) is 2.03. The van der Waals surface area contributed by atoms with Crippen molar-refractivity contribution >= 4 is 6.29 Å². The maximum atomic E-state index is 10.2. The van der Waals surface area contributed by atoms with E-state index in [0.29, 0.717) is 12.2 Å². The van der Waals surface area contributed by atoms with E-state index in [1.54, 1.807) is 13.0 Å². The van der Waals surface area contributed by atoms with Crippen LogP contribution in [0.1, 0.15) is 13.8 Å². The van der Waals surface area contributed by atoms with Gasteiger partial charge >= 0.3 is 0 Å². The second-order valence-electron chi connectivity index (χ2n) is 2.09. The van der Waals surface area contributed by atoms with Crippen LogP contribution in [0, 0.1) is 0 Å². The zero-order valence-corrected chi connectivity index (χ0v) is 7.16. The molecule has 64 valence electrons. The molecule has 0 aliphatic carbocycles. The third-order valence-corrected chi connectivity index (χ3v) is 1.15. The molecule has 0 N–H and O–H groups in total. The van der Waals surface area contributed by atoms with Crippen molar-refractivity contribution in [3.05, 3.63) is 11.6 Å². The number of carbonyl (C=O) groups is 1. The van der Waals surface area contributed by atoms with Crippen LogP contribution in [0.5, 0.6) is 0 Å². The summed E-state index contributed by atoms with van der Waals surface area (Å²) in [6.07, 6.45) is 2.01. The number of hydrogen-bond donors (Lipinski definition) is 0. The second-order valence-corrected chi connectivity index (χ2v) is 2.09. The molecule has 0 saturated heterocycles. The molecule has 0 aliphatic heterocycles. The van der Waals surface area contributed by atoms with Crippen molar-refractivity contribution in [2.75, 3.05) is 13.7 Å². The molecule has 0 saturated carbocycles. The third kappa shape index (κ3) is 4.70. The fourth-order valence-electron chi connectivity index (χ4n) is 0.602. The molecule has 11 heavy (non-hydrogen) atoms. The van der Waals surface area contributed by atoms with Gasteiger partial charge in [-0.1, -0.05) is 0 Å². The van der Waals surface area contributed by atoms with Gasteiger partial charge in [0.15, 0.2) is 6.29 Å². The largest absolute Gasteiger partial charge is 0.352 e. The summed E-state index contributed by atoms with van der Waals surface area (Å²) in [5.41, 5.74) is 0.616. The van der Waals surface area contributed by atoms with Crippen molar-refractivity contribution in [2.24, 2.45) is 0 Å². The van der Waals surface area contributed by atoms with Crippen LogP contribution in [0.25, 0.3) is 0 Å². The maximum absolute atomic E-state index is 10.2. The van der Waals surface area contributed by atoms with Crippen LogP contribution in [0.3, 0.4) is 0 Å². The molecule has 0 heterocycles. The first-order valence-corrected chi connectivity index (χ1v) is 3.52. The van der Waals surface area contributed by atoms with E-state index < -0.39 is 6.29 Å². The smallest absolute Gasteiger partial charge is 0.177 e. The fraction of sp³-hybridized carbons (Fsp3) is 0.625. The van der Waals surface area contributed by atoms with Gasteiger partial charge in [-0.15, -0.1) is 0 Å². The molecule has 0 rings (SSSR count). The molecule has 0 aromatic heterocycles. The summed E-state index contributed by atoms with van der Waals surface area (Å²) < 4.78 is 10.0. The Morgan fingerprint density at radius 1 is 1.64 bits per heavy atom. The lowest BCUT2D eigenvalue weighted by molar-refractivity contribution is -0.105. The number of methoxy groups -OCH3 is 1. The van der Waals surface area contributed by atoms with Crippen molar-refractivity contribution in [2.45, 2.75) is 20.1 Å². The van der Waals surface area contributed by atoms with Gasteiger partial charge in [0.2, 0.25) is 0 Å². The van der Waals surface area contributed by atoms with Crippen molar-refractivity contribution in [1.29, 1.82) is 0 Å². The SMILES string of the molecule is CCOC(/C=C(\C)C=O)OC. The second kappa shape index (κ2) is 6.07. The van der Waals surface area contributed by atoms with Crippen molar-refractivity contribution in [3.8, 4) is 0 Å². The Balaban J connectivity index is 3.93. The van der Waals surface area contributed by atoms with Gasteiger partial charge in [0.25, 0.3) is 0 Å². The number of allylic oxidation sites excluding steroid dienone is 1. The van der Waals surface area contributed by atoms with Gasteiger partial charge in [-0.2, -0.15) is 0 Å². The normalized spacial score (nSPS) is 14.6. The molecular weight excluding hydrogens is 144 g/mol. The van der Waals surface area contributed by atoms with Crippen LogP contribution in [0.4, 0.5) is 0 Å². The lowest BCUT2D eigenvalue weighted by Crippen LogP contribution is -2.12. The number of aldehydes is 1. The standard InChI is InChI=1S/C8H14O3/c1-4-11-8(10-3)5-7(2)6-9/h5-6,8H,4H2,1-3H3/b7-5+. The van der Waals surface area contributed by atoms with Gasteiger partial charge in [-0.05, 0) is 25.5 Å². The minimum absolute atomic E-state index is 0.398. The van der Waals surface area contributed by atoms with Crippen molar-refractivity contribution in [1.82, 2.24) is 0 Å². The predicted molar refractivity (Wildman–Crippen MR) is 42.2 cm³/mol. The van der Waals surface area contributed by atoms with Crippen LogP contribution in [-0.2, 0) is 14.3 Å². The lowest BCUT2D eigenvalue weighted by Gasteiger charge is -2.10. The van der Waals surface area contributed by atoms with E-state index in [1.807, 2.05) is 6.92 Å². The highest BCUT2D eigenvalue weighted by Crippen LogP contribution is 1.98. The van der Waals surface area contributed by atoms with E-state index >= 15 is 0 Å². The molecular formula is C8H14O3. The lowest BCUT2D eigenvalue weighted by atomic mass is 10.3. The van der Waals surface area contributed by atoms with Crippen LogP contribution in [0.15, 0.2) is 11.6 Å². The van der Waals surface area contributed by atoms with Crippen molar-refractivity contribution in [3.63, 3.8) is 0 Å². The predicted octanol–water partition coefficient (Wildman–Crippen LogP) is 1.14. The Hall–Kier alpha value is -0.670. The molecule has 0 amide bonds. The molecule has 0 spiro atoms. The first-order valence-electron chi connectivity index (χ1n) is 3.52. The first kappa shape index (κ1) is 10.3. The van der Waals surface area contributed by atoms with Crippen molar-refractivity contribution < 1.29 is 14.3 Å². The van der Waals surface area contributed by atoms with E-state index in [0.717, 1.165) is 6.29 Å². The zero-order valence-electron chi connectivity index (χ0n) is 7.16. The van der Waals surface area contributed by atoms with Crippen LogP contribution >= 0.6 is 0 Å². The monoisotopic (exact) mass is 158 g/mol. The Bertz CT molecular complexity index is 140. The molecule has 0 radical (unpaired) electrons. The van der Waals surface area contributed by atoms with E-state index in [-0.39, 0.29) is 0 Å². The summed E-state index contributed by atoms with van der Waals surface area (Å²) in [6.45, 7) is 4.15. The highest BCUT2D eigenvalue weighted by Gasteiger charge is 2.01. The minimum atomic E-state index is -0.398. The summed E-state index contributed by atoms with van der Waals surface area (Å²) >= 11 is 0. The molecule has 0 aliphatic rings. The van der Waals surface area contributed by atoms with E-state index in [4.69, 9.17) is 9.47 Å². The number of ether oxygens (including phenoxy) is 2. The molecule has 0 aromatic rings. The fourth-order valence-corrected chi connectivity index (χ4v) is 0.602. The summed E-state index contributed by atoms with van der Waals surface area (Å²) in [7, 11) is 1.54. The molecule has 3 nitrogen and oxygen atoms in total. The summed E-state index contributed by atoms with van der Waals surface area (Å²) in [6, 6.07) is 0. The van der Waals surface area contributed by atoms with Gasteiger partial charge < -0.3 is 9.47 Å². The molecule has 1 unspecified atom stereocenters. The van der Waals surface area contributed by atoms with E-state index in [1.165, 1.54) is 7.11 Å². The minimum Gasteiger partial charge on any atom is -0.352 e. The number of rotatable bonds is 5. The Kier molecular flexibility index (Phi) is 5.70. The Labute approximate surface area is 67.0 Å². The van der Waals surface area contributed by atoms with Crippen LogP contribution in [-0.4, -0.2) is 26.3 Å². The summed E-state index contributed by atoms with van der Waals surface area (Å²) in [5.74, 6) is 0. The molecule has 3 heteroatoms. The molecule has 0 bridgehead atoms.